The van der Waals surface area contributed by atoms with E-state index in [-0.39, 0.29) is 5.91 Å². The third-order valence-electron chi connectivity index (χ3n) is 3.15. The van der Waals surface area contributed by atoms with E-state index in [9.17, 15) is 4.79 Å². The Labute approximate surface area is 120 Å². The van der Waals surface area contributed by atoms with E-state index in [1.54, 1.807) is 0 Å². The number of carbonyl (C=O) groups excluding carboxylic acids is 1. The van der Waals surface area contributed by atoms with Crippen molar-refractivity contribution in [3.05, 3.63) is 69.7 Å². The lowest BCUT2D eigenvalue weighted by molar-refractivity contribution is -0.113. The van der Waals surface area contributed by atoms with Crippen LogP contribution >= 0.6 is 15.9 Å². The summed E-state index contributed by atoms with van der Waals surface area (Å²) in [6.45, 7) is 0. The maximum absolute atomic E-state index is 12.0. The summed E-state index contributed by atoms with van der Waals surface area (Å²) in [6, 6.07) is 15.8. The Hall–Kier alpha value is -1.87. The molecule has 2 nitrogen and oxygen atoms in total. The zero-order valence-electron chi connectivity index (χ0n) is 10.2. The lowest BCUT2D eigenvalue weighted by Gasteiger charge is -2.19. The van der Waals surface area contributed by atoms with Crippen molar-refractivity contribution in [3.63, 3.8) is 0 Å². The average molecular weight is 314 g/mol. The predicted octanol–water partition coefficient (Wildman–Crippen LogP) is 4.03. The number of rotatable bonds is 1. The van der Waals surface area contributed by atoms with Gasteiger partial charge in [0.05, 0.1) is 0 Å². The first-order chi connectivity index (χ1) is 9.22. The second-order valence-corrected chi connectivity index (χ2v) is 5.42. The second kappa shape index (κ2) is 5.02. The number of fused-ring (bicyclic) bond motifs is 1. The molecule has 1 N–H and O–H groups in total. The second-order valence-electron chi connectivity index (χ2n) is 4.51. The molecule has 0 saturated heterocycles. The third kappa shape index (κ3) is 2.61. The normalized spacial score (nSPS) is 16.1. The Bertz CT molecular complexity index is 659. The SMILES string of the molecule is O=C1Nc2ccccc2C/C1=C/c1ccc(Br)cc1. The number of halogens is 1. The zero-order valence-corrected chi connectivity index (χ0v) is 11.8. The largest absolute Gasteiger partial charge is 0.322 e. The molecule has 19 heavy (non-hydrogen) atoms. The van der Waals surface area contributed by atoms with Gasteiger partial charge in [-0.3, -0.25) is 4.79 Å². The molecule has 3 heteroatoms. The van der Waals surface area contributed by atoms with Crippen molar-refractivity contribution < 1.29 is 4.79 Å². The van der Waals surface area contributed by atoms with Gasteiger partial charge in [0.2, 0.25) is 0 Å². The molecule has 0 saturated carbocycles. The molecule has 1 amide bonds. The fourth-order valence-corrected chi connectivity index (χ4v) is 2.43. The summed E-state index contributed by atoms with van der Waals surface area (Å²) in [4.78, 5) is 12.0. The summed E-state index contributed by atoms with van der Waals surface area (Å²) < 4.78 is 1.04. The minimum Gasteiger partial charge on any atom is -0.322 e. The van der Waals surface area contributed by atoms with Crippen LogP contribution < -0.4 is 5.32 Å². The first kappa shape index (κ1) is 12.2. The van der Waals surface area contributed by atoms with Gasteiger partial charge < -0.3 is 5.32 Å². The smallest absolute Gasteiger partial charge is 0.251 e. The molecule has 0 spiro atoms. The molecule has 0 unspecified atom stereocenters. The van der Waals surface area contributed by atoms with Crippen LogP contribution in [0.2, 0.25) is 0 Å². The van der Waals surface area contributed by atoms with E-state index >= 15 is 0 Å². The number of benzene rings is 2. The highest BCUT2D eigenvalue weighted by Gasteiger charge is 2.19. The standard InChI is InChI=1S/C16H12BrNO/c17-14-7-5-11(6-8-14)9-13-10-12-3-1-2-4-15(12)18-16(13)19/h1-9H,10H2,(H,18,19)/b13-9-. The van der Waals surface area contributed by atoms with Crippen LogP contribution in [-0.4, -0.2) is 5.91 Å². The van der Waals surface area contributed by atoms with Crippen LogP contribution in [0, 0.1) is 0 Å². The maximum atomic E-state index is 12.0. The highest BCUT2D eigenvalue weighted by Crippen LogP contribution is 2.26. The molecule has 2 aromatic rings. The molecule has 2 aromatic carbocycles. The number of para-hydroxylation sites is 1. The Kier molecular flexibility index (Phi) is 3.22. The van der Waals surface area contributed by atoms with Gasteiger partial charge in [-0.05, 0) is 35.4 Å². The van der Waals surface area contributed by atoms with Crippen molar-refractivity contribution in [2.24, 2.45) is 0 Å². The van der Waals surface area contributed by atoms with Crippen LogP contribution in [0.15, 0.2) is 58.6 Å². The van der Waals surface area contributed by atoms with Crippen molar-refractivity contribution in [3.8, 4) is 0 Å². The molecular formula is C16H12BrNO. The summed E-state index contributed by atoms with van der Waals surface area (Å²) in [5, 5.41) is 2.93. The first-order valence-corrected chi connectivity index (χ1v) is 6.87. The molecule has 3 rings (SSSR count). The fraction of sp³-hybridized carbons (Fsp3) is 0.0625. The third-order valence-corrected chi connectivity index (χ3v) is 3.68. The topological polar surface area (TPSA) is 29.1 Å². The van der Waals surface area contributed by atoms with Crippen molar-refractivity contribution in [2.45, 2.75) is 6.42 Å². The predicted molar refractivity (Wildman–Crippen MR) is 80.9 cm³/mol. The van der Waals surface area contributed by atoms with Crippen molar-refractivity contribution in [1.82, 2.24) is 0 Å². The van der Waals surface area contributed by atoms with E-state index in [4.69, 9.17) is 0 Å². The van der Waals surface area contributed by atoms with Gasteiger partial charge in [0.25, 0.3) is 5.91 Å². The van der Waals surface area contributed by atoms with Gasteiger partial charge in [0.15, 0.2) is 0 Å². The van der Waals surface area contributed by atoms with Crippen LogP contribution in [0.25, 0.3) is 6.08 Å². The van der Waals surface area contributed by atoms with E-state index in [1.165, 1.54) is 0 Å². The van der Waals surface area contributed by atoms with Gasteiger partial charge in [-0.15, -0.1) is 0 Å². The lowest BCUT2D eigenvalue weighted by Crippen LogP contribution is -2.21. The van der Waals surface area contributed by atoms with Gasteiger partial charge in [0.1, 0.15) is 0 Å². The van der Waals surface area contributed by atoms with Crippen LogP contribution in [0.1, 0.15) is 11.1 Å². The Morgan fingerprint density at radius 3 is 2.58 bits per heavy atom. The van der Waals surface area contributed by atoms with E-state index < -0.39 is 0 Å². The Morgan fingerprint density at radius 1 is 1.05 bits per heavy atom. The minimum atomic E-state index is -0.0124. The van der Waals surface area contributed by atoms with Gasteiger partial charge in [-0.25, -0.2) is 0 Å². The molecule has 0 radical (unpaired) electrons. The minimum absolute atomic E-state index is 0.0124. The van der Waals surface area contributed by atoms with E-state index in [0.29, 0.717) is 6.42 Å². The van der Waals surface area contributed by atoms with E-state index in [1.807, 2.05) is 54.6 Å². The number of carbonyl (C=O) groups is 1. The molecule has 0 aliphatic carbocycles. The quantitative estimate of drug-likeness (QED) is 0.791. The molecule has 1 aliphatic rings. The summed E-state index contributed by atoms with van der Waals surface area (Å²) in [5.74, 6) is -0.0124. The summed E-state index contributed by atoms with van der Waals surface area (Å²) in [5.41, 5.74) is 3.90. The van der Waals surface area contributed by atoms with Crippen molar-refractivity contribution in [1.29, 1.82) is 0 Å². The maximum Gasteiger partial charge on any atom is 0.251 e. The summed E-state index contributed by atoms with van der Waals surface area (Å²) in [7, 11) is 0. The lowest BCUT2D eigenvalue weighted by atomic mass is 9.97. The van der Waals surface area contributed by atoms with Crippen LogP contribution in [0.3, 0.4) is 0 Å². The molecule has 0 bridgehead atoms. The average Bonchev–Trinajstić information content (AvgIpc) is 2.42. The van der Waals surface area contributed by atoms with Gasteiger partial charge in [-0.2, -0.15) is 0 Å². The fourth-order valence-electron chi connectivity index (χ4n) is 2.16. The Balaban J connectivity index is 1.94. The number of amides is 1. The molecule has 1 aliphatic heterocycles. The number of nitrogens with one attached hydrogen (secondary N) is 1. The highest BCUT2D eigenvalue weighted by atomic mass is 79.9. The van der Waals surface area contributed by atoms with Crippen molar-refractivity contribution >= 4 is 33.6 Å². The van der Waals surface area contributed by atoms with E-state index in [2.05, 4.69) is 21.2 Å². The first-order valence-electron chi connectivity index (χ1n) is 6.08. The van der Waals surface area contributed by atoms with Crippen molar-refractivity contribution in [2.75, 3.05) is 5.32 Å². The number of hydrogen-bond acceptors (Lipinski definition) is 1. The van der Waals surface area contributed by atoms with Gasteiger partial charge in [-0.1, -0.05) is 46.3 Å². The molecule has 0 aromatic heterocycles. The molecule has 94 valence electrons. The summed E-state index contributed by atoms with van der Waals surface area (Å²) >= 11 is 3.40. The highest BCUT2D eigenvalue weighted by molar-refractivity contribution is 9.10. The van der Waals surface area contributed by atoms with Crippen LogP contribution in [0.4, 0.5) is 5.69 Å². The van der Waals surface area contributed by atoms with Crippen LogP contribution in [-0.2, 0) is 11.2 Å². The number of hydrogen-bond donors (Lipinski definition) is 1. The molecular weight excluding hydrogens is 302 g/mol. The molecule has 1 heterocycles. The summed E-state index contributed by atoms with van der Waals surface area (Å²) in [6.07, 6.45) is 2.62. The monoisotopic (exact) mass is 313 g/mol. The molecule has 0 atom stereocenters. The van der Waals surface area contributed by atoms with E-state index in [0.717, 1.165) is 26.9 Å². The van der Waals surface area contributed by atoms with Gasteiger partial charge >= 0.3 is 0 Å². The molecule has 0 fully saturated rings. The van der Waals surface area contributed by atoms with Gasteiger partial charge in [0, 0.05) is 22.2 Å². The number of anilines is 1. The Morgan fingerprint density at radius 2 is 1.79 bits per heavy atom. The van der Waals surface area contributed by atoms with Crippen LogP contribution in [0.5, 0.6) is 0 Å². The zero-order chi connectivity index (χ0) is 13.2.